The Kier molecular flexibility index (Phi) is 4.06. The van der Waals surface area contributed by atoms with Crippen molar-refractivity contribution in [2.24, 2.45) is 17.6 Å². The normalized spacial score (nSPS) is 24.0. The van der Waals surface area contributed by atoms with E-state index in [1.165, 1.54) is 24.1 Å². The molecule has 0 aromatic heterocycles. The average Bonchev–Trinajstić information content (AvgIpc) is 3.28. The fraction of sp³-hybridized carbons (Fsp3) is 0.579. The Bertz CT molecular complexity index is 737. The first-order valence-electron chi connectivity index (χ1n) is 8.95. The van der Waals surface area contributed by atoms with Gasteiger partial charge in [0.15, 0.2) is 0 Å². The van der Waals surface area contributed by atoms with Crippen LogP contribution in [0.4, 0.5) is 0 Å². The number of rotatable bonds is 4. The summed E-state index contributed by atoms with van der Waals surface area (Å²) < 4.78 is 23.7. The molecule has 0 spiro atoms. The van der Waals surface area contributed by atoms with E-state index in [0.717, 1.165) is 42.6 Å². The Morgan fingerprint density at radius 2 is 2.12 bits per heavy atom. The second kappa shape index (κ2) is 5.97. The van der Waals surface area contributed by atoms with Gasteiger partial charge < -0.3 is 15.2 Å². The second-order valence-electron chi connectivity index (χ2n) is 7.84. The third kappa shape index (κ3) is 2.72. The molecule has 1 unspecified atom stereocenters. The molecule has 0 saturated heterocycles. The predicted molar refractivity (Wildman–Crippen MR) is 94.8 cm³/mol. The van der Waals surface area contributed by atoms with Crippen molar-refractivity contribution >= 4 is 17.2 Å². The van der Waals surface area contributed by atoms with E-state index in [4.69, 9.17) is 5.73 Å². The van der Waals surface area contributed by atoms with Gasteiger partial charge in [-0.2, -0.15) is 0 Å². The summed E-state index contributed by atoms with van der Waals surface area (Å²) in [4.78, 5) is 2.92. The molecule has 0 bridgehead atoms. The van der Waals surface area contributed by atoms with E-state index in [-0.39, 0.29) is 6.04 Å². The van der Waals surface area contributed by atoms with Crippen LogP contribution in [0.3, 0.4) is 0 Å². The maximum atomic E-state index is 11.8. The predicted octanol–water partition coefficient (Wildman–Crippen LogP) is 3.09. The van der Waals surface area contributed by atoms with Crippen LogP contribution in [0.25, 0.3) is 6.08 Å². The zero-order valence-electron chi connectivity index (χ0n) is 14.4. The number of fused-ring (bicyclic) bond motifs is 3. The van der Waals surface area contributed by atoms with Gasteiger partial charge in [0, 0.05) is 29.7 Å². The molecule has 130 valence electrons. The molecule has 2 aliphatic carbocycles. The van der Waals surface area contributed by atoms with Crippen LogP contribution in [0, 0.1) is 11.8 Å². The number of aryl methyl sites for hydroxylation is 1. The van der Waals surface area contributed by atoms with E-state index in [1.54, 1.807) is 0 Å². The lowest BCUT2D eigenvalue weighted by atomic mass is 9.91. The van der Waals surface area contributed by atoms with Gasteiger partial charge in [-0.25, -0.2) is 0 Å². The molecule has 1 aliphatic heterocycles. The first-order valence-corrected chi connectivity index (χ1v) is 10.0. The van der Waals surface area contributed by atoms with Crippen molar-refractivity contribution in [2.45, 2.75) is 57.0 Å². The maximum absolute atomic E-state index is 11.8. The largest absolute Gasteiger partial charge is 0.768 e. The Labute approximate surface area is 146 Å². The standard InChI is InChI=1S/C19H26N2O2S/c1-11(2)9-21-10-15-14(8-17(21)12-3-4-12)18(24(22)23)7-13-5-6-16(20)19(13)15/h7-8,11-12,16H,3-6,9-10,20H2,1-2H3,(H,22,23)/p-1/t16-/m1/s1. The van der Waals surface area contributed by atoms with Crippen LogP contribution < -0.4 is 5.73 Å². The Morgan fingerprint density at radius 1 is 1.38 bits per heavy atom. The fourth-order valence-electron chi connectivity index (χ4n) is 4.28. The monoisotopic (exact) mass is 345 g/mol. The van der Waals surface area contributed by atoms with Crippen molar-refractivity contribution in [1.29, 1.82) is 0 Å². The lowest BCUT2D eigenvalue weighted by Gasteiger charge is -2.36. The van der Waals surface area contributed by atoms with Crippen LogP contribution in [0.5, 0.6) is 0 Å². The minimum atomic E-state index is -2.21. The quantitative estimate of drug-likeness (QED) is 0.852. The third-order valence-corrected chi connectivity index (χ3v) is 6.13. The average molecular weight is 345 g/mol. The molecular formula is C19H25N2O2S-. The highest BCUT2D eigenvalue weighted by molar-refractivity contribution is 7.79. The van der Waals surface area contributed by atoms with Crippen LogP contribution in [-0.4, -0.2) is 20.2 Å². The van der Waals surface area contributed by atoms with E-state index < -0.39 is 11.1 Å². The molecule has 1 fully saturated rings. The van der Waals surface area contributed by atoms with Crippen LogP contribution in [-0.2, 0) is 24.0 Å². The summed E-state index contributed by atoms with van der Waals surface area (Å²) in [6.07, 6.45) is 6.39. The zero-order chi connectivity index (χ0) is 17.0. The number of allylic oxidation sites excluding steroid dienone is 1. The minimum Gasteiger partial charge on any atom is -0.768 e. The van der Waals surface area contributed by atoms with E-state index in [0.29, 0.717) is 16.7 Å². The van der Waals surface area contributed by atoms with Gasteiger partial charge in [0.05, 0.1) is 0 Å². The van der Waals surface area contributed by atoms with E-state index in [9.17, 15) is 8.76 Å². The molecule has 4 nitrogen and oxygen atoms in total. The molecular weight excluding hydrogens is 320 g/mol. The van der Waals surface area contributed by atoms with Crippen LogP contribution >= 0.6 is 0 Å². The molecule has 1 saturated carbocycles. The molecule has 3 aliphatic rings. The minimum absolute atomic E-state index is 0.0414. The number of hydrogen-bond acceptors (Lipinski definition) is 4. The van der Waals surface area contributed by atoms with Crippen molar-refractivity contribution in [3.8, 4) is 0 Å². The summed E-state index contributed by atoms with van der Waals surface area (Å²) in [5.41, 5.74) is 12.1. The van der Waals surface area contributed by atoms with Crippen LogP contribution in [0.15, 0.2) is 16.7 Å². The lowest BCUT2D eigenvalue weighted by Crippen LogP contribution is -2.32. The molecule has 0 radical (unpaired) electrons. The van der Waals surface area contributed by atoms with Crippen molar-refractivity contribution in [3.05, 3.63) is 34.0 Å². The van der Waals surface area contributed by atoms with Crippen LogP contribution in [0.1, 0.15) is 61.4 Å². The Balaban J connectivity index is 1.88. The highest BCUT2D eigenvalue weighted by Crippen LogP contribution is 2.46. The zero-order valence-corrected chi connectivity index (χ0v) is 15.2. The molecule has 2 atom stereocenters. The Morgan fingerprint density at radius 3 is 2.75 bits per heavy atom. The molecule has 5 heteroatoms. The van der Waals surface area contributed by atoms with E-state index in [1.807, 2.05) is 6.07 Å². The third-order valence-electron chi connectivity index (χ3n) is 5.43. The van der Waals surface area contributed by atoms with Gasteiger partial charge in [0.1, 0.15) is 0 Å². The first-order chi connectivity index (χ1) is 11.5. The maximum Gasteiger partial charge on any atom is 0.0436 e. The van der Waals surface area contributed by atoms with Crippen LogP contribution in [0.2, 0.25) is 0 Å². The molecule has 1 aromatic carbocycles. The summed E-state index contributed by atoms with van der Waals surface area (Å²) in [5, 5.41) is 0. The van der Waals surface area contributed by atoms with Crippen molar-refractivity contribution in [1.82, 2.24) is 4.90 Å². The van der Waals surface area contributed by atoms with Gasteiger partial charge in [-0.3, -0.25) is 4.21 Å². The topological polar surface area (TPSA) is 69.4 Å². The van der Waals surface area contributed by atoms with Crippen molar-refractivity contribution in [3.63, 3.8) is 0 Å². The number of nitrogens with two attached hydrogens (primary N) is 1. The van der Waals surface area contributed by atoms with Gasteiger partial charge >= 0.3 is 0 Å². The van der Waals surface area contributed by atoms with E-state index in [2.05, 4.69) is 24.8 Å². The molecule has 2 N–H and O–H groups in total. The number of hydrogen-bond donors (Lipinski definition) is 1. The van der Waals surface area contributed by atoms with Crippen molar-refractivity contribution in [2.75, 3.05) is 6.54 Å². The SMILES string of the molecule is CC(C)CN1Cc2c(c(S(=O)[O-])cc3c2[C@H](N)CC3)C=C1C1CC1. The summed E-state index contributed by atoms with van der Waals surface area (Å²) in [6, 6.07) is 1.91. The summed E-state index contributed by atoms with van der Waals surface area (Å²) in [7, 11) is 0. The molecule has 1 aromatic rings. The summed E-state index contributed by atoms with van der Waals surface area (Å²) >= 11 is -2.21. The second-order valence-corrected chi connectivity index (χ2v) is 8.75. The highest BCUT2D eigenvalue weighted by Gasteiger charge is 2.35. The van der Waals surface area contributed by atoms with Gasteiger partial charge in [-0.1, -0.05) is 13.8 Å². The number of nitrogens with zero attached hydrogens (tertiary/aromatic N) is 1. The molecule has 1 heterocycles. The molecule has 0 amide bonds. The van der Waals surface area contributed by atoms with Gasteiger partial charge in [-0.15, -0.1) is 0 Å². The highest BCUT2D eigenvalue weighted by atomic mass is 32.2. The number of benzene rings is 1. The molecule has 4 rings (SSSR count). The first kappa shape index (κ1) is 16.3. The lowest BCUT2D eigenvalue weighted by molar-refractivity contribution is 0.280. The molecule has 24 heavy (non-hydrogen) atoms. The van der Waals surface area contributed by atoms with Crippen molar-refractivity contribution < 1.29 is 8.76 Å². The fourth-order valence-corrected chi connectivity index (χ4v) is 4.88. The Hall–Kier alpha value is -1.17. The van der Waals surface area contributed by atoms with Gasteiger partial charge in [0.25, 0.3) is 0 Å². The van der Waals surface area contributed by atoms with Gasteiger partial charge in [0.2, 0.25) is 0 Å². The smallest absolute Gasteiger partial charge is 0.0436 e. The van der Waals surface area contributed by atoms with Gasteiger partial charge in [-0.05, 0) is 83.0 Å². The van der Waals surface area contributed by atoms with E-state index >= 15 is 0 Å². The summed E-state index contributed by atoms with van der Waals surface area (Å²) in [6.45, 7) is 6.28. The summed E-state index contributed by atoms with van der Waals surface area (Å²) in [5.74, 6) is 1.18.